The molecule has 8 heteroatoms. The molecule has 1 saturated heterocycles. The van der Waals surface area contributed by atoms with Crippen LogP contribution in [-0.4, -0.2) is 40.6 Å². The van der Waals surface area contributed by atoms with Crippen LogP contribution in [0, 0.1) is 6.92 Å². The Labute approximate surface area is 177 Å². The van der Waals surface area contributed by atoms with E-state index in [0.29, 0.717) is 19.0 Å². The highest BCUT2D eigenvalue weighted by atomic mass is 32.2. The van der Waals surface area contributed by atoms with Gasteiger partial charge in [-0.3, -0.25) is 9.69 Å². The molecule has 0 unspecified atom stereocenters. The van der Waals surface area contributed by atoms with Gasteiger partial charge in [0.1, 0.15) is 29.9 Å². The number of esters is 1. The summed E-state index contributed by atoms with van der Waals surface area (Å²) in [7, 11) is 1.44. The molecular formula is C21H22N2O4S2. The third kappa shape index (κ3) is 4.66. The molecule has 1 aliphatic heterocycles. The Kier molecular flexibility index (Phi) is 6.22. The second-order valence-corrected chi connectivity index (χ2v) is 8.67. The van der Waals surface area contributed by atoms with E-state index >= 15 is 0 Å². The van der Waals surface area contributed by atoms with Crippen LogP contribution in [0.15, 0.2) is 46.2 Å². The molecule has 1 atom stereocenters. The third-order valence-corrected chi connectivity index (χ3v) is 6.65. The van der Waals surface area contributed by atoms with Crippen molar-refractivity contribution >= 4 is 29.1 Å². The number of aromatic nitrogens is 1. The van der Waals surface area contributed by atoms with Crippen LogP contribution in [0.2, 0.25) is 0 Å². The van der Waals surface area contributed by atoms with E-state index in [4.69, 9.17) is 13.9 Å². The van der Waals surface area contributed by atoms with Gasteiger partial charge in [-0.05, 0) is 36.1 Å². The van der Waals surface area contributed by atoms with E-state index in [1.165, 1.54) is 7.11 Å². The molecule has 1 fully saturated rings. The van der Waals surface area contributed by atoms with Crippen LogP contribution in [0.3, 0.4) is 0 Å². The zero-order valence-corrected chi connectivity index (χ0v) is 17.9. The van der Waals surface area contributed by atoms with Crippen molar-refractivity contribution in [2.45, 2.75) is 26.1 Å². The molecule has 0 aliphatic carbocycles. The summed E-state index contributed by atoms with van der Waals surface area (Å²) in [6, 6.07) is 11.7. The molecule has 3 aromatic rings. The molecule has 1 aromatic carbocycles. The van der Waals surface area contributed by atoms with Gasteiger partial charge in [0.25, 0.3) is 0 Å². The fourth-order valence-electron chi connectivity index (χ4n) is 3.17. The number of ether oxygens (including phenoxy) is 2. The normalized spacial score (nSPS) is 16.8. The largest absolute Gasteiger partial charge is 0.487 e. The van der Waals surface area contributed by atoms with Gasteiger partial charge in [0.05, 0.1) is 12.0 Å². The van der Waals surface area contributed by atoms with E-state index in [-0.39, 0.29) is 12.0 Å². The molecule has 2 aromatic heterocycles. The van der Waals surface area contributed by atoms with E-state index in [0.717, 1.165) is 39.3 Å². The molecule has 3 heterocycles. The van der Waals surface area contributed by atoms with Crippen LogP contribution in [0.5, 0.6) is 5.75 Å². The van der Waals surface area contributed by atoms with Crippen LogP contribution in [0.1, 0.15) is 17.0 Å². The predicted molar refractivity (Wildman–Crippen MR) is 114 cm³/mol. The first-order chi connectivity index (χ1) is 14.1. The highest BCUT2D eigenvalue weighted by Gasteiger charge is 2.31. The summed E-state index contributed by atoms with van der Waals surface area (Å²) in [5.41, 5.74) is 1.88. The average Bonchev–Trinajstić information content (AvgIpc) is 3.47. The highest BCUT2D eigenvalue weighted by Crippen LogP contribution is 2.27. The molecule has 0 spiro atoms. The molecule has 152 valence electrons. The molecule has 6 nitrogen and oxygen atoms in total. The van der Waals surface area contributed by atoms with Gasteiger partial charge in [0, 0.05) is 18.2 Å². The Balaban J connectivity index is 1.40. The van der Waals surface area contributed by atoms with Crippen LogP contribution < -0.4 is 4.74 Å². The molecule has 1 aliphatic rings. The lowest BCUT2D eigenvalue weighted by molar-refractivity contribution is -0.145. The van der Waals surface area contributed by atoms with Gasteiger partial charge in [0.15, 0.2) is 0 Å². The van der Waals surface area contributed by atoms with E-state index in [9.17, 15) is 4.79 Å². The molecule has 0 radical (unpaired) electrons. The van der Waals surface area contributed by atoms with Gasteiger partial charge in [-0.15, -0.1) is 23.1 Å². The van der Waals surface area contributed by atoms with Crippen molar-refractivity contribution in [1.29, 1.82) is 0 Å². The number of carbonyl (C=O) groups is 1. The number of aryl methyl sites for hydroxylation is 1. The lowest BCUT2D eigenvalue weighted by atomic mass is 10.2. The second-order valence-electron chi connectivity index (χ2n) is 6.72. The van der Waals surface area contributed by atoms with Gasteiger partial charge in [-0.25, -0.2) is 4.98 Å². The number of hydrogen-bond acceptors (Lipinski definition) is 8. The van der Waals surface area contributed by atoms with E-state index in [1.54, 1.807) is 23.1 Å². The lowest BCUT2D eigenvalue weighted by Gasteiger charge is -2.21. The van der Waals surface area contributed by atoms with E-state index in [2.05, 4.69) is 9.88 Å². The van der Waals surface area contributed by atoms with Crippen molar-refractivity contribution < 1.29 is 18.7 Å². The first-order valence-electron chi connectivity index (χ1n) is 9.25. The van der Waals surface area contributed by atoms with Gasteiger partial charge in [0.2, 0.25) is 5.89 Å². The van der Waals surface area contributed by atoms with Crippen molar-refractivity contribution in [3.05, 3.63) is 58.8 Å². The van der Waals surface area contributed by atoms with Crippen LogP contribution >= 0.6 is 23.1 Å². The smallest absolute Gasteiger partial charge is 0.323 e. The predicted octanol–water partition coefficient (Wildman–Crippen LogP) is 4.34. The summed E-state index contributed by atoms with van der Waals surface area (Å²) in [5.74, 6) is 3.56. The van der Waals surface area contributed by atoms with Crippen LogP contribution in [0.4, 0.5) is 0 Å². The number of benzene rings is 1. The van der Waals surface area contributed by atoms with Crippen molar-refractivity contribution in [3.8, 4) is 16.5 Å². The lowest BCUT2D eigenvalue weighted by Crippen LogP contribution is -2.38. The molecule has 29 heavy (non-hydrogen) atoms. The van der Waals surface area contributed by atoms with Gasteiger partial charge in [-0.2, -0.15) is 0 Å². The first kappa shape index (κ1) is 20.0. The van der Waals surface area contributed by atoms with E-state index in [1.807, 2.05) is 48.7 Å². The fourth-order valence-corrected chi connectivity index (χ4v) is 5.00. The minimum atomic E-state index is -0.192. The number of nitrogens with zero attached hydrogens (tertiary/aromatic N) is 2. The molecule has 0 saturated carbocycles. The molecule has 0 bridgehead atoms. The van der Waals surface area contributed by atoms with Gasteiger partial charge in [-0.1, -0.05) is 18.2 Å². The Morgan fingerprint density at radius 1 is 1.34 bits per heavy atom. The number of hydrogen-bond donors (Lipinski definition) is 0. The standard InChI is InChI=1S/C21H22N2O4S2/c1-14-17(22-20(27-14)19-7-4-8-29-19)11-26-16-6-3-5-15(9-16)10-23-13-28-12-18(23)21(24)25-2/h3-9,18H,10-13H2,1-2H3/t18-/m0/s1. The number of thioether (sulfide) groups is 1. The minimum absolute atomic E-state index is 0.176. The average molecular weight is 431 g/mol. The number of oxazole rings is 1. The van der Waals surface area contributed by atoms with E-state index < -0.39 is 0 Å². The van der Waals surface area contributed by atoms with Gasteiger partial charge >= 0.3 is 5.97 Å². The summed E-state index contributed by atoms with van der Waals surface area (Å²) >= 11 is 3.34. The molecule has 4 rings (SSSR count). The van der Waals surface area contributed by atoms with Crippen LogP contribution in [0.25, 0.3) is 10.8 Å². The maximum Gasteiger partial charge on any atom is 0.323 e. The summed E-state index contributed by atoms with van der Waals surface area (Å²) < 4.78 is 16.7. The quantitative estimate of drug-likeness (QED) is 0.517. The number of methoxy groups -OCH3 is 1. The highest BCUT2D eigenvalue weighted by molar-refractivity contribution is 7.99. The summed E-state index contributed by atoms with van der Waals surface area (Å²) in [6.45, 7) is 2.92. The van der Waals surface area contributed by atoms with Crippen LogP contribution in [-0.2, 0) is 22.7 Å². The summed E-state index contributed by atoms with van der Waals surface area (Å²) in [4.78, 5) is 19.6. The van der Waals surface area contributed by atoms with Crippen molar-refractivity contribution in [2.24, 2.45) is 0 Å². The second kappa shape index (κ2) is 9.02. The molecular weight excluding hydrogens is 408 g/mol. The van der Waals surface area contributed by atoms with Crippen molar-refractivity contribution in [2.75, 3.05) is 18.7 Å². The Hall–Kier alpha value is -2.29. The maximum absolute atomic E-state index is 11.9. The Morgan fingerprint density at radius 2 is 2.24 bits per heavy atom. The number of carbonyl (C=O) groups excluding carboxylic acids is 1. The third-order valence-electron chi connectivity index (χ3n) is 4.73. The zero-order chi connectivity index (χ0) is 20.2. The number of rotatable bonds is 7. The fraction of sp³-hybridized carbons (Fsp3) is 0.333. The zero-order valence-electron chi connectivity index (χ0n) is 16.3. The molecule has 0 amide bonds. The van der Waals surface area contributed by atoms with Gasteiger partial charge < -0.3 is 13.9 Å². The molecule has 0 N–H and O–H groups in total. The monoisotopic (exact) mass is 430 g/mol. The number of thiophene rings is 1. The van der Waals surface area contributed by atoms with Crippen molar-refractivity contribution in [1.82, 2.24) is 9.88 Å². The minimum Gasteiger partial charge on any atom is -0.487 e. The Morgan fingerprint density at radius 3 is 3.03 bits per heavy atom. The Bertz CT molecular complexity index is 971. The summed E-state index contributed by atoms with van der Waals surface area (Å²) in [5, 5.41) is 2.00. The maximum atomic E-state index is 11.9. The topological polar surface area (TPSA) is 64.8 Å². The first-order valence-corrected chi connectivity index (χ1v) is 11.3. The van der Waals surface area contributed by atoms with Crippen molar-refractivity contribution in [3.63, 3.8) is 0 Å². The summed E-state index contributed by atoms with van der Waals surface area (Å²) in [6.07, 6.45) is 0. The SMILES string of the molecule is COC(=O)[C@@H]1CSCN1Cc1cccc(OCc2nc(-c3cccs3)oc2C)c1.